The molecule has 3 nitrogen and oxygen atoms in total. The summed E-state index contributed by atoms with van der Waals surface area (Å²) in [5, 5.41) is 3.74. The molecule has 0 saturated carbocycles. The largest absolute Gasteiger partial charge is 0.311 e. The van der Waals surface area contributed by atoms with Gasteiger partial charge in [0.1, 0.15) is 0 Å². The molecule has 0 radical (unpaired) electrons. The Morgan fingerprint density at radius 1 is 1.14 bits per heavy atom. The zero-order valence-corrected chi connectivity index (χ0v) is 13.5. The van der Waals surface area contributed by atoms with Crippen LogP contribution in [0.15, 0.2) is 30.3 Å². The van der Waals surface area contributed by atoms with Gasteiger partial charge in [-0.1, -0.05) is 30.3 Å². The lowest BCUT2D eigenvalue weighted by Gasteiger charge is -2.46. The number of benzene rings is 1. The highest BCUT2D eigenvalue weighted by atomic mass is 15.3. The van der Waals surface area contributed by atoms with Crippen molar-refractivity contribution < 1.29 is 0 Å². The van der Waals surface area contributed by atoms with Crippen molar-refractivity contribution in [3.05, 3.63) is 35.9 Å². The molecular weight excluding hydrogens is 258 g/mol. The molecule has 1 aromatic carbocycles. The predicted octanol–water partition coefficient (Wildman–Crippen LogP) is 1.99. The van der Waals surface area contributed by atoms with Crippen molar-refractivity contribution in [1.82, 2.24) is 15.1 Å². The van der Waals surface area contributed by atoms with Gasteiger partial charge in [-0.3, -0.25) is 4.90 Å². The molecule has 3 heteroatoms. The molecule has 2 unspecified atom stereocenters. The van der Waals surface area contributed by atoms with E-state index in [0.29, 0.717) is 12.1 Å². The Morgan fingerprint density at radius 3 is 2.57 bits per heavy atom. The lowest BCUT2D eigenvalue weighted by molar-refractivity contribution is 0.0545. The van der Waals surface area contributed by atoms with Crippen molar-refractivity contribution in [3.8, 4) is 0 Å². The van der Waals surface area contributed by atoms with E-state index in [-0.39, 0.29) is 0 Å². The average Bonchev–Trinajstić information content (AvgIpc) is 2.51. The maximum atomic E-state index is 3.74. The summed E-state index contributed by atoms with van der Waals surface area (Å²) in [6, 6.07) is 13.0. The smallest absolute Gasteiger partial charge is 0.0236 e. The summed E-state index contributed by atoms with van der Waals surface area (Å²) in [6.45, 7) is 7.22. The molecule has 0 spiro atoms. The van der Waals surface area contributed by atoms with Gasteiger partial charge in [-0.05, 0) is 51.9 Å². The van der Waals surface area contributed by atoms with E-state index >= 15 is 0 Å². The fraction of sp³-hybridized carbons (Fsp3) is 0.667. The van der Waals surface area contributed by atoms with E-state index in [2.05, 4.69) is 59.4 Å². The van der Waals surface area contributed by atoms with Gasteiger partial charge in [0.2, 0.25) is 0 Å². The van der Waals surface area contributed by atoms with Crippen LogP contribution in [0.1, 0.15) is 25.3 Å². The Morgan fingerprint density at radius 2 is 1.86 bits per heavy atom. The fourth-order valence-electron chi connectivity index (χ4n) is 3.82. The molecule has 0 amide bonds. The number of likely N-dealkylation sites (tertiary alicyclic amines) is 1. The molecular formula is C18H29N3. The molecule has 21 heavy (non-hydrogen) atoms. The molecule has 2 saturated heterocycles. The first-order valence-corrected chi connectivity index (χ1v) is 8.44. The Kier molecular flexibility index (Phi) is 4.94. The van der Waals surface area contributed by atoms with Gasteiger partial charge < -0.3 is 10.2 Å². The van der Waals surface area contributed by atoms with Gasteiger partial charge in [0.05, 0.1) is 0 Å². The van der Waals surface area contributed by atoms with Crippen LogP contribution in [0.5, 0.6) is 0 Å². The third-order valence-corrected chi connectivity index (χ3v) is 5.18. The normalized spacial score (nSPS) is 29.6. The quantitative estimate of drug-likeness (QED) is 0.917. The van der Waals surface area contributed by atoms with Crippen LogP contribution < -0.4 is 5.32 Å². The minimum absolute atomic E-state index is 0.600. The third kappa shape index (κ3) is 3.85. The summed E-state index contributed by atoms with van der Waals surface area (Å²) in [6.07, 6.45) is 3.81. The molecule has 1 aromatic rings. The number of hydrogen-bond acceptors (Lipinski definition) is 3. The molecule has 0 bridgehead atoms. The standard InChI is InChI=1S/C18H29N3/c1-15-13-19-17(12-16-6-4-3-5-7-16)14-21(15)18-8-10-20(2)11-9-18/h3-7,15,17-19H,8-14H2,1-2H3. The van der Waals surface area contributed by atoms with Crippen LogP contribution in [0.3, 0.4) is 0 Å². The average molecular weight is 287 g/mol. The minimum Gasteiger partial charge on any atom is -0.311 e. The highest BCUT2D eigenvalue weighted by Gasteiger charge is 2.31. The van der Waals surface area contributed by atoms with Crippen LogP contribution in [-0.4, -0.2) is 61.2 Å². The Bertz CT molecular complexity index is 425. The van der Waals surface area contributed by atoms with Crippen molar-refractivity contribution in [3.63, 3.8) is 0 Å². The van der Waals surface area contributed by atoms with Gasteiger partial charge in [0, 0.05) is 31.2 Å². The van der Waals surface area contributed by atoms with E-state index in [9.17, 15) is 0 Å². The van der Waals surface area contributed by atoms with Crippen LogP contribution in [-0.2, 0) is 6.42 Å². The molecule has 116 valence electrons. The molecule has 2 fully saturated rings. The van der Waals surface area contributed by atoms with E-state index in [1.807, 2.05) is 0 Å². The van der Waals surface area contributed by atoms with Gasteiger partial charge >= 0.3 is 0 Å². The van der Waals surface area contributed by atoms with Crippen LogP contribution >= 0.6 is 0 Å². The van der Waals surface area contributed by atoms with Crippen molar-refractivity contribution in [2.24, 2.45) is 0 Å². The second-order valence-corrected chi connectivity index (χ2v) is 6.88. The van der Waals surface area contributed by atoms with Crippen molar-refractivity contribution in [1.29, 1.82) is 0 Å². The first-order valence-electron chi connectivity index (χ1n) is 8.44. The summed E-state index contributed by atoms with van der Waals surface area (Å²) in [7, 11) is 2.25. The lowest BCUT2D eigenvalue weighted by Crippen LogP contribution is -2.60. The van der Waals surface area contributed by atoms with E-state index in [4.69, 9.17) is 0 Å². The zero-order valence-electron chi connectivity index (χ0n) is 13.5. The summed E-state index contributed by atoms with van der Waals surface area (Å²) >= 11 is 0. The molecule has 0 aliphatic carbocycles. The Hall–Kier alpha value is -0.900. The van der Waals surface area contributed by atoms with Crippen molar-refractivity contribution in [2.45, 2.75) is 44.3 Å². The second-order valence-electron chi connectivity index (χ2n) is 6.88. The minimum atomic E-state index is 0.600. The van der Waals surface area contributed by atoms with Gasteiger partial charge in [-0.2, -0.15) is 0 Å². The molecule has 1 N–H and O–H groups in total. The number of piperazine rings is 1. The maximum Gasteiger partial charge on any atom is 0.0236 e. The number of nitrogens with zero attached hydrogens (tertiary/aromatic N) is 2. The first kappa shape index (κ1) is 15.0. The van der Waals surface area contributed by atoms with Gasteiger partial charge in [0.25, 0.3) is 0 Å². The van der Waals surface area contributed by atoms with Crippen LogP contribution in [0.4, 0.5) is 0 Å². The van der Waals surface area contributed by atoms with Crippen molar-refractivity contribution >= 4 is 0 Å². The lowest BCUT2D eigenvalue weighted by atomic mass is 9.96. The second kappa shape index (κ2) is 6.91. The van der Waals surface area contributed by atoms with Crippen molar-refractivity contribution in [2.75, 3.05) is 33.2 Å². The summed E-state index contributed by atoms with van der Waals surface area (Å²) in [5.74, 6) is 0. The maximum absolute atomic E-state index is 3.74. The van der Waals surface area contributed by atoms with E-state index < -0.39 is 0 Å². The zero-order chi connectivity index (χ0) is 14.7. The first-order chi connectivity index (χ1) is 10.2. The number of rotatable bonds is 3. The Labute approximate surface area is 129 Å². The third-order valence-electron chi connectivity index (χ3n) is 5.18. The number of hydrogen-bond donors (Lipinski definition) is 1. The fourth-order valence-corrected chi connectivity index (χ4v) is 3.82. The van der Waals surface area contributed by atoms with E-state index in [0.717, 1.165) is 19.0 Å². The summed E-state index contributed by atoms with van der Waals surface area (Å²) < 4.78 is 0. The van der Waals surface area contributed by atoms with Gasteiger partial charge in [-0.25, -0.2) is 0 Å². The molecule has 2 aliphatic heterocycles. The molecule has 0 aromatic heterocycles. The van der Waals surface area contributed by atoms with Crippen LogP contribution in [0.2, 0.25) is 0 Å². The Balaban J connectivity index is 1.59. The predicted molar refractivity (Wildman–Crippen MR) is 88.6 cm³/mol. The van der Waals surface area contributed by atoms with Gasteiger partial charge in [0.15, 0.2) is 0 Å². The number of piperidine rings is 1. The summed E-state index contributed by atoms with van der Waals surface area (Å²) in [5.41, 5.74) is 1.45. The van der Waals surface area contributed by atoms with E-state index in [1.54, 1.807) is 0 Å². The molecule has 3 rings (SSSR count). The van der Waals surface area contributed by atoms with Gasteiger partial charge in [-0.15, -0.1) is 0 Å². The topological polar surface area (TPSA) is 18.5 Å². The monoisotopic (exact) mass is 287 g/mol. The van der Waals surface area contributed by atoms with Crippen LogP contribution in [0, 0.1) is 0 Å². The molecule has 2 atom stereocenters. The molecule has 2 heterocycles. The van der Waals surface area contributed by atoms with E-state index in [1.165, 1.54) is 38.0 Å². The highest BCUT2D eigenvalue weighted by Crippen LogP contribution is 2.21. The van der Waals surface area contributed by atoms with Crippen LogP contribution in [0.25, 0.3) is 0 Å². The summed E-state index contributed by atoms with van der Waals surface area (Å²) in [4.78, 5) is 5.24. The molecule has 2 aliphatic rings. The number of nitrogens with one attached hydrogen (secondary N) is 1. The SMILES string of the molecule is CC1CNC(Cc2ccccc2)CN1C1CCN(C)CC1. The highest BCUT2D eigenvalue weighted by molar-refractivity contribution is 5.16.